The smallest absolute Gasteiger partial charge is 0.363 e. The van der Waals surface area contributed by atoms with Gasteiger partial charge in [0.05, 0.1) is 6.61 Å². The van der Waals surface area contributed by atoms with Gasteiger partial charge in [0.2, 0.25) is 5.90 Å². The van der Waals surface area contributed by atoms with Crippen molar-refractivity contribution in [2.45, 2.75) is 26.9 Å². The molecule has 3 rings (SSSR count). The maximum absolute atomic E-state index is 12.3. The summed E-state index contributed by atoms with van der Waals surface area (Å²) in [5, 5.41) is 0. The molecule has 1 amide bonds. The summed E-state index contributed by atoms with van der Waals surface area (Å²) in [7, 11) is 3.35. The predicted molar refractivity (Wildman–Crippen MR) is 118 cm³/mol. The van der Waals surface area contributed by atoms with Crippen molar-refractivity contribution in [2.24, 2.45) is 4.99 Å². The van der Waals surface area contributed by atoms with Crippen LogP contribution in [-0.4, -0.2) is 49.5 Å². The van der Waals surface area contributed by atoms with Crippen molar-refractivity contribution in [3.05, 3.63) is 64.9 Å². The molecule has 7 nitrogen and oxygen atoms in total. The Balaban J connectivity index is 1.87. The summed E-state index contributed by atoms with van der Waals surface area (Å²) in [5.41, 5.74) is 2.69. The number of aryl methyl sites for hydroxylation is 1. The van der Waals surface area contributed by atoms with E-state index in [-0.39, 0.29) is 17.5 Å². The number of benzene rings is 2. The Labute approximate surface area is 181 Å². The molecule has 0 saturated carbocycles. The van der Waals surface area contributed by atoms with Gasteiger partial charge in [0.25, 0.3) is 5.91 Å². The van der Waals surface area contributed by atoms with E-state index in [0.717, 1.165) is 11.1 Å². The van der Waals surface area contributed by atoms with Crippen LogP contribution in [0.25, 0.3) is 6.08 Å². The van der Waals surface area contributed by atoms with Crippen LogP contribution in [0.5, 0.6) is 11.5 Å². The first-order valence-corrected chi connectivity index (χ1v) is 10.0. The van der Waals surface area contributed by atoms with E-state index in [2.05, 4.69) is 4.99 Å². The molecule has 0 aliphatic carbocycles. The molecule has 0 radical (unpaired) electrons. The molecule has 7 heteroatoms. The largest absolute Gasteiger partial charge is 0.490 e. The number of aliphatic imine (C=N–C) groups is 1. The van der Waals surface area contributed by atoms with Crippen LogP contribution in [-0.2, 0) is 14.3 Å². The fourth-order valence-electron chi connectivity index (χ4n) is 3.05. The molecule has 0 aromatic heterocycles. The molecule has 1 heterocycles. The Morgan fingerprint density at radius 2 is 1.97 bits per heavy atom. The van der Waals surface area contributed by atoms with E-state index in [4.69, 9.17) is 14.2 Å². The maximum Gasteiger partial charge on any atom is 0.363 e. The normalized spacial score (nSPS) is 15.3. The molecule has 0 saturated heterocycles. The first kappa shape index (κ1) is 22.1. The summed E-state index contributed by atoms with van der Waals surface area (Å²) in [6.45, 7) is 5.92. The van der Waals surface area contributed by atoms with Gasteiger partial charge in [-0.25, -0.2) is 9.79 Å². The molecule has 31 heavy (non-hydrogen) atoms. The fourth-order valence-corrected chi connectivity index (χ4v) is 3.05. The van der Waals surface area contributed by atoms with Crippen LogP contribution in [0.3, 0.4) is 0 Å². The minimum Gasteiger partial charge on any atom is -0.490 e. The quantitative estimate of drug-likeness (QED) is 0.503. The van der Waals surface area contributed by atoms with Gasteiger partial charge >= 0.3 is 5.97 Å². The van der Waals surface area contributed by atoms with Gasteiger partial charge < -0.3 is 19.1 Å². The molecular formula is C24H26N2O5. The van der Waals surface area contributed by atoms with Crippen molar-refractivity contribution in [2.75, 3.05) is 20.7 Å². The molecular weight excluding hydrogens is 396 g/mol. The van der Waals surface area contributed by atoms with Gasteiger partial charge in [0.15, 0.2) is 23.3 Å². The third kappa shape index (κ3) is 5.31. The van der Waals surface area contributed by atoms with Gasteiger partial charge in [-0.15, -0.1) is 0 Å². The van der Waals surface area contributed by atoms with Crippen LogP contribution in [0.1, 0.15) is 30.5 Å². The molecule has 0 spiro atoms. The van der Waals surface area contributed by atoms with E-state index in [9.17, 15) is 9.59 Å². The van der Waals surface area contributed by atoms with Crippen molar-refractivity contribution in [3.63, 3.8) is 0 Å². The Hall–Kier alpha value is -3.61. The second-order valence-electron chi connectivity index (χ2n) is 7.34. The third-order valence-electron chi connectivity index (χ3n) is 4.55. The molecule has 1 aliphatic rings. The van der Waals surface area contributed by atoms with E-state index in [1.165, 1.54) is 4.90 Å². The van der Waals surface area contributed by atoms with Crippen molar-refractivity contribution < 1.29 is 23.8 Å². The number of carbonyl (C=O) groups is 2. The zero-order valence-corrected chi connectivity index (χ0v) is 18.3. The van der Waals surface area contributed by atoms with Gasteiger partial charge in [0, 0.05) is 19.7 Å². The molecule has 1 atom stereocenters. The number of hydrogen-bond acceptors (Lipinski definition) is 6. The number of nitrogens with zero attached hydrogens (tertiary/aromatic N) is 2. The van der Waals surface area contributed by atoms with Gasteiger partial charge in [-0.2, -0.15) is 0 Å². The first-order valence-electron chi connectivity index (χ1n) is 10.0. The van der Waals surface area contributed by atoms with Crippen molar-refractivity contribution in [3.8, 4) is 11.5 Å². The lowest BCUT2D eigenvalue weighted by Gasteiger charge is -2.20. The monoisotopic (exact) mass is 422 g/mol. The molecule has 0 unspecified atom stereocenters. The summed E-state index contributed by atoms with van der Waals surface area (Å²) in [4.78, 5) is 30.2. The van der Waals surface area contributed by atoms with Crippen molar-refractivity contribution in [1.82, 2.24) is 4.90 Å². The van der Waals surface area contributed by atoms with Crippen molar-refractivity contribution >= 4 is 23.9 Å². The number of esters is 1. The SMILES string of the molecule is CCOc1cc(/C=C2\N=C(c3cccc(C)c3)OC2=O)ccc1O[C@H](C)C(=O)N(C)C. The molecule has 0 fully saturated rings. The van der Waals surface area contributed by atoms with Gasteiger partial charge in [-0.1, -0.05) is 23.8 Å². The average molecular weight is 422 g/mol. The van der Waals surface area contributed by atoms with Gasteiger partial charge in [0.1, 0.15) is 0 Å². The average Bonchev–Trinajstić information content (AvgIpc) is 3.09. The lowest BCUT2D eigenvalue weighted by molar-refractivity contribution is -0.135. The fraction of sp³-hybridized carbons (Fsp3) is 0.292. The van der Waals surface area contributed by atoms with E-state index >= 15 is 0 Å². The number of ether oxygens (including phenoxy) is 3. The molecule has 162 valence electrons. The molecule has 0 bridgehead atoms. The zero-order chi connectivity index (χ0) is 22.5. The zero-order valence-electron chi connectivity index (χ0n) is 18.3. The number of carbonyl (C=O) groups excluding carboxylic acids is 2. The van der Waals surface area contributed by atoms with E-state index in [1.54, 1.807) is 45.3 Å². The van der Waals surface area contributed by atoms with Crippen LogP contribution in [0, 0.1) is 6.92 Å². The van der Waals surface area contributed by atoms with E-state index in [0.29, 0.717) is 23.7 Å². The number of rotatable bonds is 7. The summed E-state index contributed by atoms with van der Waals surface area (Å²) >= 11 is 0. The molecule has 2 aromatic rings. The highest BCUT2D eigenvalue weighted by Crippen LogP contribution is 2.31. The number of amides is 1. The topological polar surface area (TPSA) is 77.4 Å². The number of likely N-dealkylation sites (N-methyl/N-ethyl adjacent to an activating group) is 1. The second kappa shape index (κ2) is 9.47. The molecule has 1 aliphatic heterocycles. The van der Waals surface area contributed by atoms with Crippen LogP contribution < -0.4 is 9.47 Å². The minimum atomic E-state index is -0.662. The lowest BCUT2D eigenvalue weighted by Crippen LogP contribution is -2.35. The van der Waals surface area contributed by atoms with Crippen LogP contribution in [0.15, 0.2) is 53.2 Å². The number of hydrogen-bond donors (Lipinski definition) is 0. The summed E-state index contributed by atoms with van der Waals surface area (Å²) in [6, 6.07) is 12.8. The van der Waals surface area contributed by atoms with Gasteiger partial charge in [-0.05, 0) is 56.7 Å². The Morgan fingerprint density at radius 3 is 2.65 bits per heavy atom. The summed E-state index contributed by atoms with van der Waals surface area (Å²) < 4.78 is 16.8. The van der Waals surface area contributed by atoms with Crippen LogP contribution in [0.4, 0.5) is 0 Å². The molecule has 2 aromatic carbocycles. The summed E-state index contributed by atoms with van der Waals surface area (Å²) in [5.74, 6) is 0.537. The minimum absolute atomic E-state index is 0.152. The standard InChI is InChI=1S/C24H26N2O5/c1-6-29-21-14-17(10-11-20(21)30-16(3)23(27)26(4)5)13-19-24(28)31-22(25-19)18-9-7-8-15(2)12-18/h7-14,16H,6H2,1-5H3/b19-13-/t16-/m1/s1. The highest BCUT2D eigenvalue weighted by atomic mass is 16.6. The predicted octanol–water partition coefficient (Wildman–Crippen LogP) is 3.59. The first-order chi connectivity index (χ1) is 14.8. The Morgan fingerprint density at radius 1 is 1.19 bits per heavy atom. The van der Waals surface area contributed by atoms with Crippen LogP contribution in [0.2, 0.25) is 0 Å². The highest BCUT2D eigenvalue weighted by molar-refractivity contribution is 6.12. The molecule has 0 N–H and O–H groups in total. The Bertz CT molecular complexity index is 1060. The van der Waals surface area contributed by atoms with E-state index in [1.807, 2.05) is 38.1 Å². The summed E-state index contributed by atoms with van der Waals surface area (Å²) in [6.07, 6.45) is 0.968. The lowest BCUT2D eigenvalue weighted by atomic mass is 10.1. The Kier molecular flexibility index (Phi) is 6.74. The highest BCUT2D eigenvalue weighted by Gasteiger charge is 2.24. The third-order valence-corrected chi connectivity index (χ3v) is 4.55. The van der Waals surface area contributed by atoms with Crippen LogP contribution >= 0.6 is 0 Å². The number of cyclic esters (lactones) is 1. The van der Waals surface area contributed by atoms with E-state index < -0.39 is 12.1 Å². The van der Waals surface area contributed by atoms with Crippen molar-refractivity contribution in [1.29, 1.82) is 0 Å². The maximum atomic E-state index is 12.3. The second-order valence-corrected chi connectivity index (χ2v) is 7.34. The van der Waals surface area contributed by atoms with Gasteiger partial charge in [-0.3, -0.25) is 4.79 Å².